The van der Waals surface area contributed by atoms with E-state index in [1.54, 1.807) is 0 Å². The lowest BCUT2D eigenvalue weighted by Gasteiger charge is -1.97. The molecule has 2 aromatic rings. The number of nitrogens with one attached hydrogen (secondary N) is 1. The molecule has 0 fully saturated rings. The van der Waals surface area contributed by atoms with Crippen molar-refractivity contribution < 1.29 is 0 Å². The van der Waals surface area contributed by atoms with Crippen molar-refractivity contribution in [3.8, 4) is 0 Å². The molecule has 59 valence electrons. The first-order valence-electron chi connectivity index (χ1n) is 3.99. The Kier molecular flexibility index (Phi) is 1.71. The highest BCUT2D eigenvalue weighted by Crippen LogP contribution is 2.16. The molecule has 2 rings (SSSR count). The molecule has 1 aromatic heterocycles. The highest BCUT2D eigenvalue weighted by Gasteiger charge is 1.98. The number of fused-ring (bicyclic) bond motifs is 1. The van der Waals surface area contributed by atoms with Gasteiger partial charge in [-0.15, -0.1) is 6.58 Å². The molecule has 0 bridgehead atoms. The summed E-state index contributed by atoms with van der Waals surface area (Å²) in [5.74, 6) is 0. The average Bonchev–Trinajstić information content (AvgIpc) is 2.53. The van der Waals surface area contributed by atoms with E-state index in [0.717, 1.165) is 11.8 Å². The van der Waals surface area contributed by atoms with E-state index < -0.39 is 0 Å². The third-order valence-electron chi connectivity index (χ3n) is 1.96. The largest absolute Gasteiger partial charge is 0.360 e. The molecule has 1 aromatic carbocycles. The van der Waals surface area contributed by atoms with E-state index in [2.05, 4.69) is 29.8 Å². The second-order valence-corrected chi connectivity index (χ2v) is 2.77. The van der Waals surface area contributed by atoms with E-state index in [1.165, 1.54) is 11.1 Å². The fourth-order valence-electron chi connectivity index (χ4n) is 1.40. The SMILES string of the molecule is C=CCc1cccc2[c]c[nH]c12. The normalized spacial score (nSPS) is 10.3. The number of rotatable bonds is 2. The number of allylic oxidation sites excluding steroid dienone is 1. The Morgan fingerprint density at radius 1 is 1.50 bits per heavy atom. The first-order valence-corrected chi connectivity index (χ1v) is 3.99. The summed E-state index contributed by atoms with van der Waals surface area (Å²) in [7, 11) is 0. The fraction of sp³-hybridized carbons (Fsp3) is 0.0909. The maximum Gasteiger partial charge on any atom is 0.0496 e. The molecule has 0 saturated heterocycles. The number of hydrogen-bond donors (Lipinski definition) is 1. The van der Waals surface area contributed by atoms with Gasteiger partial charge in [-0.3, -0.25) is 0 Å². The standard InChI is InChI=1S/C11H10N/c1-2-4-9-5-3-6-10-7-8-12-11(9)10/h2-3,5-6,8,12H,1,4H2. The zero-order chi connectivity index (χ0) is 8.39. The van der Waals surface area contributed by atoms with E-state index in [9.17, 15) is 0 Å². The minimum atomic E-state index is 0.908. The van der Waals surface area contributed by atoms with Gasteiger partial charge in [0.15, 0.2) is 0 Å². The number of hydrogen-bond acceptors (Lipinski definition) is 0. The average molecular weight is 156 g/mol. The molecular formula is C11H10N. The van der Waals surface area contributed by atoms with Gasteiger partial charge in [0.25, 0.3) is 0 Å². The van der Waals surface area contributed by atoms with Crippen LogP contribution in [0.1, 0.15) is 5.56 Å². The van der Waals surface area contributed by atoms with Crippen LogP contribution in [-0.2, 0) is 6.42 Å². The van der Waals surface area contributed by atoms with Crippen molar-refractivity contribution in [2.45, 2.75) is 6.42 Å². The lowest BCUT2D eigenvalue weighted by molar-refractivity contribution is 1.28. The third-order valence-corrected chi connectivity index (χ3v) is 1.96. The Morgan fingerprint density at radius 2 is 2.42 bits per heavy atom. The predicted octanol–water partition coefficient (Wildman–Crippen LogP) is 2.70. The van der Waals surface area contributed by atoms with Gasteiger partial charge in [0.1, 0.15) is 0 Å². The minimum Gasteiger partial charge on any atom is -0.360 e. The highest BCUT2D eigenvalue weighted by atomic mass is 14.7. The Morgan fingerprint density at radius 3 is 3.25 bits per heavy atom. The Labute approximate surface area is 71.7 Å². The molecule has 12 heavy (non-hydrogen) atoms. The van der Waals surface area contributed by atoms with Crippen molar-refractivity contribution in [1.29, 1.82) is 0 Å². The summed E-state index contributed by atoms with van der Waals surface area (Å²) >= 11 is 0. The Balaban J connectivity index is 2.65. The van der Waals surface area contributed by atoms with Gasteiger partial charge in [-0.25, -0.2) is 0 Å². The van der Waals surface area contributed by atoms with Crippen LogP contribution in [-0.4, -0.2) is 4.98 Å². The monoisotopic (exact) mass is 156 g/mol. The Hall–Kier alpha value is -1.50. The van der Waals surface area contributed by atoms with Crippen molar-refractivity contribution in [2.24, 2.45) is 0 Å². The summed E-state index contributed by atoms with van der Waals surface area (Å²) in [4.78, 5) is 3.17. The van der Waals surface area contributed by atoms with Crippen molar-refractivity contribution in [1.82, 2.24) is 4.98 Å². The van der Waals surface area contributed by atoms with E-state index >= 15 is 0 Å². The van der Waals surface area contributed by atoms with Crippen LogP contribution in [0.2, 0.25) is 0 Å². The lowest BCUT2D eigenvalue weighted by Crippen LogP contribution is -1.81. The molecule has 0 aliphatic rings. The summed E-state index contributed by atoms with van der Waals surface area (Å²) in [5.41, 5.74) is 2.46. The molecule has 0 atom stereocenters. The molecule has 0 amide bonds. The van der Waals surface area contributed by atoms with Crippen LogP contribution in [0.5, 0.6) is 0 Å². The summed E-state index contributed by atoms with van der Waals surface area (Å²) in [6.07, 6.45) is 4.67. The second kappa shape index (κ2) is 2.86. The Bertz CT molecular complexity index is 398. The number of aromatic amines is 1. The molecule has 0 spiro atoms. The van der Waals surface area contributed by atoms with Gasteiger partial charge < -0.3 is 4.98 Å². The van der Waals surface area contributed by atoms with E-state index in [4.69, 9.17) is 0 Å². The van der Waals surface area contributed by atoms with Crippen LogP contribution in [0.15, 0.2) is 37.1 Å². The van der Waals surface area contributed by atoms with Crippen LogP contribution in [0.25, 0.3) is 10.9 Å². The maximum absolute atomic E-state index is 3.72. The fourth-order valence-corrected chi connectivity index (χ4v) is 1.40. The van der Waals surface area contributed by atoms with E-state index in [-0.39, 0.29) is 0 Å². The van der Waals surface area contributed by atoms with Gasteiger partial charge in [0.2, 0.25) is 0 Å². The quantitative estimate of drug-likeness (QED) is 0.643. The highest BCUT2D eigenvalue weighted by molar-refractivity contribution is 5.81. The summed E-state index contributed by atoms with van der Waals surface area (Å²) in [6.45, 7) is 3.72. The van der Waals surface area contributed by atoms with Gasteiger partial charge >= 0.3 is 0 Å². The van der Waals surface area contributed by atoms with Gasteiger partial charge in [-0.05, 0) is 12.0 Å². The van der Waals surface area contributed by atoms with E-state index in [0.29, 0.717) is 0 Å². The molecule has 1 N–H and O–H groups in total. The van der Waals surface area contributed by atoms with Crippen molar-refractivity contribution in [3.63, 3.8) is 0 Å². The molecule has 0 unspecified atom stereocenters. The first kappa shape index (κ1) is 7.17. The van der Waals surface area contributed by atoms with Crippen molar-refractivity contribution >= 4 is 10.9 Å². The van der Waals surface area contributed by atoms with Gasteiger partial charge in [-0.1, -0.05) is 24.3 Å². The molecule has 1 radical (unpaired) electrons. The van der Waals surface area contributed by atoms with Crippen LogP contribution < -0.4 is 0 Å². The number of benzene rings is 1. The third kappa shape index (κ3) is 1.03. The molecule has 1 heteroatoms. The molecule has 0 aliphatic carbocycles. The minimum absolute atomic E-state index is 0.908. The zero-order valence-electron chi connectivity index (χ0n) is 6.80. The maximum atomic E-state index is 3.72. The first-order chi connectivity index (χ1) is 5.92. The number of H-pyrrole nitrogens is 1. The molecule has 1 nitrogen and oxygen atoms in total. The second-order valence-electron chi connectivity index (χ2n) is 2.77. The smallest absolute Gasteiger partial charge is 0.0496 e. The summed E-state index contributed by atoms with van der Waals surface area (Å²) < 4.78 is 0. The molecule has 0 saturated carbocycles. The lowest BCUT2D eigenvalue weighted by atomic mass is 10.1. The van der Waals surface area contributed by atoms with Gasteiger partial charge in [0.05, 0.1) is 0 Å². The predicted molar refractivity (Wildman–Crippen MR) is 51.0 cm³/mol. The summed E-state index contributed by atoms with van der Waals surface area (Å²) in [6, 6.07) is 9.34. The van der Waals surface area contributed by atoms with Gasteiger partial charge in [-0.2, -0.15) is 0 Å². The topological polar surface area (TPSA) is 15.8 Å². The van der Waals surface area contributed by atoms with Gasteiger partial charge in [0, 0.05) is 23.2 Å². The van der Waals surface area contributed by atoms with Crippen LogP contribution in [0.3, 0.4) is 0 Å². The van der Waals surface area contributed by atoms with Crippen molar-refractivity contribution in [2.75, 3.05) is 0 Å². The molecule has 1 heterocycles. The van der Waals surface area contributed by atoms with E-state index in [1.807, 2.05) is 18.3 Å². The zero-order valence-corrected chi connectivity index (χ0v) is 6.80. The van der Waals surface area contributed by atoms with Crippen LogP contribution >= 0.6 is 0 Å². The van der Waals surface area contributed by atoms with Crippen molar-refractivity contribution in [3.05, 3.63) is 48.7 Å². The number of para-hydroxylation sites is 1. The van der Waals surface area contributed by atoms with Crippen LogP contribution in [0.4, 0.5) is 0 Å². The number of aromatic nitrogens is 1. The van der Waals surface area contributed by atoms with Crippen LogP contribution in [0, 0.1) is 6.07 Å². The molecular weight excluding hydrogens is 146 g/mol. The molecule has 0 aliphatic heterocycles. The summed E-state index contributed by atoms with van der Waals surface area (Å²) in [5, 5.41) is 1.15.